The van der Waals surface area contributed by atoms with Crippen LogP contribution in [-0.2, 0) is 22.5 Å². The fourth-order valence-electron chi connectivity index (χ4n) is 3.94. The van der Waals surface area contributed by atoms with Gasteiger partial charge >= 0.3 is 0 Å². The topological polar surface area (TPSA) is 99.4 Å². The highest BCUT2D eigenvalue weighted by atomic mass is 35.5. The van der Waals surface area contributed by atoms with Crippen molar-refractivity contribution in [2.75, 3.05) is 43.5 Å². The van der Waals surface area contributed by atoms with Crippen molar-refractivity contribution in [3.8, 4) is 6.07 Å². The third kappa shape index (κ3) is 4.05. The lowest BCUT2D eigenvalue weighted by Crippen LogP contribution is -2.41. The quantitative estimate of drug-likeness (QED) is 0.763. The van der Waals surface area contributed by atoms with E-state index >= 15 is 0 Å². The van der Waals surface area contributed by atoms with Crippen LogP contribution in [0.2, 0.25) is 5.02 Å². The zero-order chi connectivity index (χ0) is 21.1. The van der Waals surface area contributed by atoms with Crippen molar-refractivity contribution in [3.63, 3.8) is 0 Å². The Morgan fingerprint density at radius 1 is 1.17 bits per heavy atom. The summed E-state index contributed by atoms with van der Waals surface area (Å²) in [5, 5.41) is 15.8. The second-order valence-corrected chi connectivity index (χ2v) is 7.69. The van der Waals surface area contributed by atoms with Gasteiger partial charge in [-0.1, -0.05) is 23.7 Å². The number of carbonyl (C=O) groups excluding carboxylic acids is 2. The minimum Gasteiger partial charge on any atom is -0.379 e. The fraction of sp³-hybridized carbons (Fsp3) is 0.381. The Bertz CT molecular complexity index is 1020. The van der Waals surface area contributed by atoms with Crippen LogP contribution >= 0.6 is 11.6 Å². The Balaban J connectivity index is 1.62. The molecule has 0 aliphatic carbocycles. The van der Waals surface area contributed by atoms with E-state index in [1.165, 1.54) is 0 Å². The van der Waals surface area contributed by atoms with Crippen LogP contribution in [0.25, 0.3) is 0 Å². The number of ether oxygens (including phenoxy) is 1. The van der Waals surface area contributed by atoms with Crippen molar-refractivity contribution in [2.24, 2.45) is 0 Å². The van der Waals surface area contributed by atoms with E-state index < -0.39 is 5.91 Å². The SMILES string of the molecule is N#Cc1c(NC(=O)CN2CCOCC2)c(C(=O)Nc2ccccc2Cl)n2c1CCC2. The molecule has 30 heavy (non-hydrogen) atoms. The van der Waals surface area contributed by atoms with Gasteiger partial charge in [0.2, 0.25) is 5.91 Å². The molecule has 0 radical (unpaired) electrons. The minimum absolute atomic E-state index is 0.181. The fourth-order valence-corrected chi connectivity index (χ4v) is 4.13. The first-order chi connectivity index (χ1) is 14.6. The number of rotatable bonds is 5. The molecule has 2 N–H and O–H groups in total. The van der Waals surface area contributed by atoms with Gasteiger partial charge in [0.1, 0.15) is 11.8 Å². The predicted octanol–water partition coefficient (Wildman–Crippen LogP) is 2.48. The maximum atomic E-state index is 13.2. The van der Waals surface area contributed by atoms with Crippen molar-refractivity contribution in [1.29, 1.82) is 5.26 Å². The summed E-state index contributed by atoms with van der Waals surface area (Å²) in [4.78, 5) is 27.9. The van der Waals surface area contributed by atoms with E-state index in [9.17, 15) is 14.9 Å². The highest BCUT2D eigenvalue weighted by Crippen LogP contribution is 2.34. The molecule has 9 heteroatoms. The third-order valence-electron chi connectivity index (χ3n) is 5.35. The molecule has 1 fully saturated rings. The summed E-state index contributed by atoms with van der Waals surface area (Å²) in [7, 11) is 0. The lowest BCUT2D eigenvalue weighted by Gasteiger charge is -2.25. The van der Waals surface area contributed by atoms with E-state index in [4.69, 9.17) is 16.3 Å². The van der Waals surface area contributed by atoms with Crippen LogP contribution in [-0.4, -0.2) is 54.1 Å². The predicted molar refractivity (Wildman–Crippen MR) is 113 cm³/mol. The monoisotopic (exact) mass is 427 g/mol. The number of nitrogens with one attached hydrogen (secondary N) is 2. The number of nitrogens with zero attached hydrogens (tertiary/aromatic N) is 3. The van der Waals surface area contributed by atoms with E-state index in [0.29, 0.717) is 55.5 Å². The third-order valence-corrected chi connectivity index (χ3v) is 5.68. The van der Waals surface area contributed by atoms with Crippen molar-refractivity contribution in [2.45, 2.75) is 19.4 Å². The van der Waals surface area contributed by atoms with Crippen LogP contribution in [0.15, 0.2) is 24.3 Å². The van der Waals surface area contributed by atoms with Gasteiger partial charge in [0.25, 0.3) is 5.91 Å². The van der Waals surface area contributed by atoms with Gasteiger partial charge < -0.3 is 19.9 Å². The Kier molecular flexibility index (Phi) is 6.04. The Hall–Kier alpha value is -2.86. The molecular formula is C21H22ClN5O3. The second-order valence-electron chi connectivity index (χ2n) is 7.28. The number of nitriles is 1. The highest BCUT2D eigenvalue weighted by Gasteiger charge is 2.31. The van der Waals surface area contributed by atoms with Crippen molar-refractivity contribution in [1.82, 2.24) is 9.47 Å². The molecular weight excluding hydrogens is 406 g/mol. The molecule has 0 saturated carbocycles. The van der Waals surface area contributed by atoms with Crippen molar-refractivity contribution < 1.29 is 14.3 Å². The molecule has 3 heterocycles. The van der Waals surface area contributed by atoms with E-state index in [1.807, 2.05) is 9.47 Å². The maximum Gasteiger partial charge on any atom is 0.274 e. The number of anilines is 2. The van der Waals surface area contributed by atoms with Gasteiger partial charge in [0, 0.05) is 25.3 Å². The number of hydrogen-bond donors (Lipinski definition) is 2. The number of halogens is 1. The molecule has 2 amide bonds. The van der Waals surface area contributed by atoms with Gasteiger partial charge in [-0.25, -0.2) is 0 Å². The summed E-state index contributed by atoms with van der Waals surface area (Å²) in [6.07, 6.45) is 1.53. The Morgan fingerprint density at radius 3 is 2.67 bits per heavy atom. The number of morpholine rings is 1. The number of benzene rings is 1. The van der Waals surface area contributed by atoms with E-state index in [-0.39, 0.29) is 23.8 Å². The first-order valence-electron chi connectivity index (χ1n) is 9.89. The maximum absolute atomic E-state index is 13.2. The van der Waals surface area contributed by atoms with Crippen molar-refractivity contribution in [3.05, 3.63) is 46.2 Å². The molecule has 1 saturated heterocycles. The summed E-state index contributed by atoms with van der Waals surface area (Å²) < 4.78 is 7.14. The van der Waals surface area contributed by atoms with Gasteiger partial charge in [-0.15, -0.1) is 0 Å². The largest absolute Gasteiger partial charge is 0.379 e. The summed E-state index contributed by atoms with van der Waals surface area (Å²) in [6.45, 7) is 3.32. The molecule has 2 aliphatic rings. The molecule has 0 unspecified atom stereocenters. The van der Waals surface area contributed by atoms with Crippen LogP contribution in [0.1, 0.15) is 28.2 Å². The molecule has 2 aliphatic heterocycles. The van der Waals surface area contributed by atoms with E-state index in [1.54, 1.807) is 24.3 Å². The number of para-hydroxylation sites is 1. The normalized spacial score (nSPS) is 16.0. The summed E-state index contributed by atoms with van der Waals surface area (Å²) >= 11 is 6.18. The molecule has 156 valence electrons. The van der Waals surface area contributed by atoms with Gasteiger partial charge in [-0.3, -0.25) is 14.5 Å². The highest BCUT2D eigenvalue weighted by molar-refractivity contribution is 6.34. The zero-order valence-corrected chi connectivity index (χ0v) is 17.2. The minimum atomic E-state index is -0.408. The van der Waals surface area contributed by atoms with Gasteiger partial charge in [-0.05, 0) is 25.0 Å². The molecule has 0 atom stereocenters. The van der Waals surface area contributed by atoms with Gasteiger partial charge in [-0.2, -0.15) is 5.26 Å². The molecule has 2 aromatic rings. The Morgan fingerprint density at radius 2 is 1.93 bits per heavy atom. The number of aromatic nitrogens is 1. The summed E-state index contributed by atoms with van der Waals surface area (Å²) in [6, 6.07) is 9.12. The van der Waals surface area contributed by atoms with Gasteiger partial charge in [0.05, 0.1) is 41.7 Å². The van der Waals surface area contributed by atoms with Gasteiger partial charge in [0.15, 0.2) is 0 Å². The van der Waals surface area contributed by atoms with Crippen LogP contribution in [0, 0.1) is 11.3 Å². The zero-order valence-electron chi connectivity index (χ0n) is 16.4. The first-order valence-corrected chi connectivity index (χ1v) is 10.3. The molecule has 0 spiro atoms. The number of carbonyl (C=O) groups is 2. The summed E-state index contributed by atoms with van der Waals surface area (Å²) in [5.74, 6) is -0.668. The number of hydrogen-bond acceptors (Lipinski definition) is 5. The smallest absolute Gasteiger partial charge is 0.274 e. The van der Waals surface area contributed by atoms with E-state index in [0.717, 1.165) is 12.1 Å². The molecule has 0 bridgehead atoms. The molecule has 8 nitrogen and oxygen atoms in total. The Labute approximate surface area is 179 Å². The lowest BCUT2D eigenvalue weighted by atomic mass is 10.1. The average Bonchev–Trinajstić information content (AvgIpc) is 3.30. The standard InChI is InChI=1S/C21H22ClN5O3/c22-15-4-1-2-5-16(15)24-21(29)20-19(14(12-23)17-6-3-7-27(17)20)25-18(28)13-26-8-10-30-11-9-26/h1-2,4-5H,3,6-11,13H2,(H,24,29)(H,25,28). The molecule has 4 rings (SSSR count). The van der Waals surface area contributed by atoms with Crippen LogP contribution in [0.5, 0.6) is 0 Å². The lowest BCUT2D eigenvalue weighted by molar-refractivity contribution is -0.118. The molecule has 1 aromatic carbocycles. The van der Waals surface area contributed by atoms with E-state index in [2.05, 4.69) is 16.7 Å². The second kappa shape index (κ2) is 8.88. The first kappa shape index (κ1) is 20.4. The van der Waals surface area contributed by atoms with Crippen LogP contribution < -0.4 is 10.6 Å². The summed E-state index contributed by atoms with van der Waals surface area (Å²) in [5.41, 5.74) is 2.17. The number of fused-ring (bicyclic) bond motifs is 1. The van der Waals surface area contributed by atoms with Crippen LogP contribution in [0.3, 0.4) is 0 Å². The van der Waals surface area contributed by atoms with Crippen LogP contribution in [0.4, 0.5) is 11.4 Å². The number of amides is 2. The average molecular weight is 428 g/mol. The molecule has 1 aromatic heterocycles. The van der Waals surface area contributed by atoms with Crippen molar-refractivity contribution >= 4 is 34.8 Å².